The van der Waals surface area contributed by atoms with Gasteiger partial charge in [0.25, 0.3) is 0 Å². The zero-order valence-corrected chi connectivity index (χ0v) is 13.2. The molecular formula is C17H27N3O. The molecule has 0 amide bonds. The Morgan fingerprint density at radius 3 is 3.24 bits per heavy atom. The van der Waals surface area contributed by atoms with Crippen molar-refractivity contribution in [2.45, 2.75) is 44.2 Å². The second-order valence-corrected chi connectivity index (χ2v) is 6.22. The summed E-state index contributed by atoms with van der Waals surface area (Å²) in [5, 5.41) is 3.53. The summed E-state index contributed by atoms with van der Waals surface area (Å²) in [5.41, 5.74) is 2.71. The van der Waals surface area contributed by atoms with Crippen molar-refractivity contribution in [3.63, 3.8) is 0 Å². The van der Waals surface area contributed by atoms with Crippen LogP contribution in [0.25, 0.3) is 0 Å². The van der Waals surface area contributed by atoms with Crippen molar-refractivity contribution in [2.24, 2.45) is 0 Å². The molecule has 1 aromatic heterocycles. The van der Waals surface area contributed by atoms with Crippen LogP contribution in [0.4, 0.5) is 0 Å². The van der Waals surface area contributed by atoms with Crippen molar-refractivity contribution in [3.8, 4) is 0 Å². The Hall–Kier alpha value is -0.970. The predicted molar refractivity (Wildman–Crippen MR) is 84.6 cm³/mol. The molecule has 3 unspecified atom stereocenters. The number of hydrogen-bond acceptors (Lipinski definition) is 4. The maximum absolute atomic E-state index is 6.10. The van der Waals surface area contributed by atoms with E-state index in [9.17, 15) is 0 Å². The second-order valence-electron chi connectivity index (χ2n) is 6.22. The average Bonchev–Trinajstić information content (AvgIpc) is 2.93. The minimum atomic E-state index is 0.272. The summed E-state index contributed by atoms with van der Waals surface area (Å²) in [5.74, 6) is 0.484. The van der Waals surface area contributed by atoms with Gasteiger partial charge in [0.2, 0.25) is 0 Å². The molecule has 1 aliphatic heterocycles. The molecule has 0 saturated carbocycles. The SMILES string of the molecule is CCCN1CCOC(C(NC)C2CCc3cccnc32)C1. The third-order valence-corrected chi connectivity index (χ3v) is 4.89. The number of nitrogens with one attached hydrogen (secondary N) is 1. The van der Waals surface area contributed by atoms with Crippen LogP contribution in [0.2, 0.25) is 0 Å². The van der Waals surface area contributed by atoms with Gasteiger partial charge in [-0.15, -0.1) is 0 Å². The van der Waals surface area contributed by atoms with Crippen LogP contribution in [0.15, 0.2) is 18.3 Å². The summed E-state index contributed by atoms with van der Waals surface area (Å²) < 4.78 is 6.10. The van der Waals surface area contributed by atoms with Crippen molar-refractivity contribution in [3.05, 3.63) is 29.6 Å². The number of morpholine rings is 1. The fourth-order valence-corrected chi connectivity index (χ4v) is 3.91. The van der Waals surface area contributed by atoms with Gasteiger partial charge in [-0.1, -0.05) is 13.0 Å². The molecule has 0 radical (unpaired) electrons. The molecule has 116 valence electrons. The summed E-state index contributed by atoms with van der Waals surface area (Å²) in [7, 11) is 2.06. The van der Waals surface area contributed by atoms with E-state index in [4.69, 9.17) is 4.74 Å². The molecule has 1 aliphatic carbocycles. The molecule has 0 bridgehead atoms. The van der Waals surface area contributed by atoms with E-state index in [-0.39, 0.29) is 6.10 Å². The predicted octanol–water partition coefficient (Wildman–Crippen LogP) is 1.81. The van der Waals surface area contributed by atoms with Crippen LogP contribution in [0.3, 0.4) is 0 Å². The van der Waals surface area contributed by atoms with Crippen molar-refractivity contribution in [1.82, 2.24) is 15.2 Å². The number of aromatic nitrogens is 1. The first kappa shape index (κ1) is 14.9. The zero-order chi connectivity index (χ0) is 14.7. The van der Waals surface area contributed by atoms with Crippen LogP contribution in [-0.4, -0.2) is 55.3 Å². The lowest BCUT2D eigenvalue weighted by atomic mass is 9.91. The standard InChI is InChI=1S/C17H27N3O/c1-3-9-20-10-11-21-15(12-20)17(18-2)14-7-6-13-5-4-8-19-16(13)14/h4-5,8,14-15,17-18H,3,6-7,9-12H2,1-2H3. The Kier molecular flexibility index (Phi) is 4.88. The first-order chi connectivity index (χ1) is 10.3. The maximum Gasteiger partial charge on any atom is 0.0861 e. The third-order valence-electron chi connectivity index (χ3n) is 4.89. The average molecular weight is 289 g/mol. The molecule has 21 heavy (non-hydrogen) atoms. The molecule has 1 aromatic rings. The molecule has 1 fully saturated rings. The Bertz CT molecular complexity index is 463. The number of nitrogens with zero attached hydrogens (tertiary/aromatic N) is 2. The lowest BCUT2D eigenvalue weighted by Gasteiger charge is -2.39. The molecule has 4 nitrogen and oxygen atoms in total. The van der Waals surface area contributed by atoms with Crippen LogP contribution in [0.5, 0.6) is 0 Å². The van der Waals surface area contributed by atoms with Gasteiger partial charge in [0.05, 0.1) is 12.7 Å². The maximum atomic E-state index is 6.10. The van der Waals surface area contributed by atoms with E-state index in [2.05, 4.69) is 41.3 Å². The molecule has 3 atom stereocenters. The molecule has 2 heterocycles. The van der Waals surface area contributed by atoms with E-state index in [1.54, 1.807) is 0 Å². The van der Waals surface area contributed by atoms with E-state index in [1.807, 2.05) is 6.20 Å². The molecule has 2 aliphatic rings. The summed E-state index contributed by atoms with van der Waals surface area (Å²) >= 11 is 0. The fourth-order valence-electron chi connectivity index (χ4n) is 3.91. The summed E-state index contributed by atoms with van der Waals surface area (Å²) in [6, 6.07) is 4.64. The van der Waals surface area contributed by atoms with Gasteiger partial charge in [0, 0.05) is 36.9 Å². The highest BCUT2D eigenvalue weighted by Gasteiger charge is 2.37. The Morgan fingerprint density at radius 1 is 1.52 bits per heavy atom. The number of likely N-dealkylation sites (N-methyl/N-ethyl adjacent to an activating group) is 1. The van der Waals surface area contributed by atoms with Gasteiger partial charge in [-0.3, -0.25) is 9.88 Å². The number of pyridine rings is 1. The molecule has 4 heteroatoms. The van der Waals surface area contributed by atoms with Gasteiger partial charge < -0.3 is 10.1 Å². The fraction of sp³-hybridized carbons (Fsp3) is 0.706. The zero-order valence-electron chi connectivity index (χ0n) is 13.2. The van der Waals surface area contributed by atoms with Crippen LogP contribution in [-0.2, 0) is 11.2 Å². The normalized spacial score (nSPS) is 27.5. The number of rotatable bonds is 5. The van der Waals surface area contributed by atoms with Crippen LogP contribution in [0.1, 0.15) is 36.9 Å². The van der Waals surface area contributed by atoms with Gasteiger partial charge in [-0.05, 0) is 44.5 Å². The largest absolute Gasteiger partial charge is 0.374 e. The van der Waals surface area contributed by atoms with Crippen molar-refractivity contribution >= 4 is 0 Å². The number of hydrogen-bond donors (Lipinski definition) is 1. The number of ether oxygens (including phenoxy) is 1. The van der Waals surface area contributed by atoms with E-state index in [1.165, 1.54) is 30.6 Å². The van der Waals surface area contributed by atoms with E-state index >= 15 is 0 Å². The highest BCUT2D eigenvalue weighted by atomic mass is 16.5. The van der Waals surface area contributed by atoms with Gasteiger partial charge in [-0.2, -0.15) is 0 Å². The van der Waals surface area contributed by atoms with Gasteiger partial charge in [0.1, 0.15) is 0 Å². The van der Waals surface area contributed by atoms with Crippen LogP contribution >= 0.6 is 0 Å². The van der Waals surface area contributed by atoms with Gasteiger partial charge in [0.15, 0.2) is 0 Å². The van der Waals surface area contributed by atoms with Crippen LogP contribution in [0, 0.1) is 0 Å². The molecule has 1 N–H and O–H groups in total. The number of aryl methyl sites for hydroxylation is 1. The highest BCUT2D eigenvalue weighted by Crippen LogP contribution is 2.35. The van der Waals surface area contributed by atoms with E-state index in [0.717, 1.165) is 26.1 Å². The monoisotopic (exact) mass is 289 g/mol. The summed E-state index contributed by atoms with van der Waals surface area (Å²) in [6.45, 7) is 6.38. The third kappa shape index (κ3) is 3.12. The highest BCUT2D eigenvalue weighted by molar-refractivity contribution is 5.30. The Morgan fingerprint density at radius 2 is 2.43 bits per heavy atom. The van der Waals surface area contributed by atoms with Crippen molar-refractivity contribution in [1.29, 1.82) is 0 Å². The summed E-state index contributed by atoms with van der Waals surface area (Å²) in [4.78, 5) is 7.19. The van der Waals surface area contributed by atoms with Gasteiger partial charge >= 0.3 is 0 Å². The molecule has 1 saturated heterocycles. The summed E-state index contributed by atoms with van der Waals surface area (Å²) in [6.07, 6.45) is 5.75. The van der Waals surface area contributed by atoms with E-state index < -0.39 is 0 Å². The first-order valence-electron chi connectivity index (χ1n) is 8.28. The number of fused-ring (bicyclic) bond motifs is 1. The van der Waals surface area contributed by atoms with Crippen LogP contribution < -0.4 is 5.32 Å². The molecule has 0 aromatic carbocycles. The lowest BCUT2D eigenvalue weighted by molar-refractivity contribution is -0.0497. The first-order valence-corrected chi connectivity index (χ1v) is 8.28. The minimum Gasteiger partial charge on any atom is -0.374 e. The molecular weight excluding hydrogens is 262 g/mol. The topological polar surface area (TPSA) is 37.4 Å². The second kappa shape index (κ2) is 6.86. The van der Waals surface area contributed by atoms with Crippen molar-refractivity contribution in [2.75, 3.05) is 33.3 Å². The minimum absolute atomic E-state index is 0.272. The lowest BCUT2D eigenvalue weighted by Crippen LogP contribution is -2.53. The van der Waals surface area contributed by atoms with E-state index in [0.29, 0.717) is 12.0 Å². The van der Waals surface area contributed by atoms with Gasteiger partial charge in [-0.25, -0.2) is 0 Å². The quantitative estimate of drug-likeness (QED) is 0.897. The Labute approximate surface area is 127 Å². The smallest absolute Gasteiger partial charge is 0.0861 e. The Balaban J connectivity index is 1.73. The molecule has 0 spiro atoms. The molecule has 3 rings (SSSR count). The van der Waals surface area contributed by atoms with Crippen molar-refractivity contribution < 1.29 is 4.74 Å².